The van der Waals surface area contributed by atoms with Gasteiger partial charge in [0.2, 0.25) is 0 Å². The number of hydrogen-bond donors (Lipinski definition) is 1. The molecule has 0 radical (unpaired) electrons. The van der Waals surface area contributed by atoms with Crippen molar-refractivity contribution in [3.05, 3.63) is 32.7 Å². The van der Waals surface area contributed by atoms with Crippen molar-refractivity contribution in [3.63, 3.8) is 0 Å². The van der Waals surface area contributed by atoms with Gasteiger partial charge in [-0.15, -0.1) is 0 Å². The van der Waals surface area contributed by atoms with Crippen LogP contribution in [-0.4, -0.2) is 53.7 Å². The van der Waals surface area contributed by atoms with Crippen molar-refractivity contribution in [3.8, 4) is 6.07 Å². The predicted octanol–water partition coefficient (Wildman–Crippen LogP) is 0.975. The third-order valence-corrected chi connectivity index (χ3v) is 4.63. The van der Waals surface area contributed by atoms with Crippen LogP contribution in [0.5, 0.6) is 0 Å². The van der Waals surface area contributed by atoms with Crippen LogP contribution in [0.4, 0.5) is 0 Å². The molecule has 2 atom stereocenters. The van der Waals surface area contributed by atoms with E-state index in [9.17, 15) is 14.4 Å². The van der Waals surface area contributed by atoms with Crippen molar-refractivity contribution in [2.45, 2.75) is 52.7 Å². The number of H-pyrrole nitrogens is 1. The molecule has 1 N–H and O–H groups in total. The fraction of sp³-hybridized carbons (Fsp3) is 0.579. The van der Waals surface area contributed by atoms with Gasteiger partial charge in [0.15, 0.2) is 6.61 Å². The van der Waals surface area contributed by atoms with Gasteiger partial charge in [-0.2, -0.15) is 5.26 Å². The molecule has 0 unspecified atom stereocenters. The van der Waals surface area contributed by atoms with Crippen molar-refractivity contribution in [1.29, 1.82) is 5.26 Å². The molecule has 0 aliphatic carbocycles. The largest absolute Gasteiger partial charge is 0.456 e. The third-order valence-electron chi connectivity index (χ3n) is 4.63. The highest BCUT2D eigenvalue weighted by Gasteiger charge is 2.26. The number of nitrogens with zero attached hydrogens (tertiary/aromatic N) is 2. The quantitative estimate of drug-likeness (QED) is 0.768. The topological polar surface area (TPSA) is 112 Å². The number of aromatic nitrogens is 1. The predicted molar refractivity (Wildman–Crippen MR) is 97.1 cm³/mol. The molecule has 0 spiro atoms. The minimum atomic E-state index is -0.499. The monoisotopic (exact) mass is 375 g/mol. The van der Waals surface area contributed by atoms with E-state index in [1.807, 2.05) is 19.9 Å². The van der Waals surface area contributed by atoms with Gasteiger partial charge >= 0.3 is 5.97 Å². The van der Waals surface area contributed by atoms with Crippen LogP contribution in [0, 0.1) is 25.2 Å². The first-order valence-corrected chi connectivity index (χ1v) is 8.94. The minimum Gasteiger partial charge on any atom is -0.456 e. The Morgan fingerprint density at radius 2 is 1.93 bits per heavy atom. The van der Waals surface area contributed by atoms with Crippen molar-refractivity contribution in [2.24, 2.45) is 0 Å². The average molecular weight is 375 g/mol. The van der Waals surface area contributed by atoms with E-state index in [0.717, 1.165) is 5.56 Å². The standard InChI is InChI=1S/C19H25N3O5/c1-11-8-22(9-12(2)27-11)17(23)10-26-18(24)6-5-15-13(3)16(7-20)19(25)21-14(15)4/h11-12H,5-6,8-10H2,1-4H3,(H,21,25)/t11-,12-/m0/s1. The van der Waals surface area contributed by atoms with Crippen molar-refractivity contribution >= 4 is 11.9 Å². The van der Waals surface area contributed by atoms with E-state index in [4.69, 9.17) is 14.7 Å². The van der Waals surface area contributed by atoms with Crippen LogP contribution >= 0.6 is 0 Å². The Hall–Kier alpha value is -2.66. The maximum absolute atomic E-state index is 12.2. The molecule has 1 saturated heterocycles. The SMILES string of the molecule is Cc1[nH]c(=O)c(C#N)c(C)c1CCC(=O)OCC(=O)N1C[C@H](C)O[C@@H](C)C1. The van der Waals surface area contributed by atoms with Gasteiger partial charge in [-0.05, 0) is 45.2 Å². The Kier molecular flexibility index (Phi) is 6.75. The number of aromatic amines is 1. The number of morpholine rings is 1. The van der Waals surface area contributed by atoms with Gasteiger partial charge in [-0.1, -0.05) is 0 Å². The van der Waals surface area contributed by atoms with Crippen LogP contribution in [0.3, 0.4) is 0 Å². The van der Waals surface area contributed by atoms with Crippen LogP contribution in [-0.2, 0) is 25.5 Å². The molecule has 0 bridgehead atoms. The molecular formula is C19H25N3O5. The van der Waals surface area contributed by atoms with E-state index in [2.05, 4.69) is 4.98 Å². The number of hydrogen-bond acceptors (Lipinski definition) is 6. The molecular weight excluding hydrogens is 350 g/mol. The Morgan fingerprint density at radius 1 is 1.30 bits per heavy atom. The summed E-state index contributed by atoms with van der Waals surface area (Å²) in [7, 11) is 0. The second kappa shape index (κ2) is 8.82. The zero-order valence-electron chi connectivity index (χ0n) is 16.1. The van der Waals surface area contributed by atoms with Crippen molar-refractivity contribution in [1.82, 2.24) is 9.88 Å². The molecule has 1 aromatic heterocycles. The summed E-state index contributed by atoms with van der Waals surface area (Å²) < 4.78 is 10.7. The summed E-state index contributed by atoms with van der Waals surface area (Å²) in [5.74, 6) is -0.741. The van der Waals surface area contributed by atoms with Gasteiger partial charge in [0.1, 0.15) is 11.6 Å². The minimum absolute atomic E-state index is 0.0473. The van der Waals surface area contributed by atoms with Gasteiger partial charge in [-0.3, -0.25) is 14.4 Å². The molecule has 146 valence electrons. The maximum Gasteiger partial charge on any atom is 0.306 e. The Bertz CT molecular complexity index is 814. The van der Waals surface area contributed by atoms with E-state index in [1.54, 1.807) is 18.7 Å². The Morgan fingerprint density at radius 3 is 2.52 bits per heavy atom. The maximum atomic E-state index is 12.2. The smallest absolute Gasteiger partial charge is 0.306 e. The number of carbonyl (C=O) groups is 2. The van der Waals surface area contributed by atoms with E-state index < -0.39 is 11.5 Å². The lowest BCUT2D eigenvalue weighted by atomic mass is 9.99. The van der Waals surface area contributed by atoms with Gasteiger partial charge in [0.05, 0.1) is 12.2 Å². The number of pyridine rings is 1. The number of carbonyl (C=O) groups excluding carboxylic acids is 2. The molecule has 0 saturated carbocycles. The molecule has 0 aromatic carbocycles. The highest BCUT2D eigenvalue weighted by atomic mass is 16.5. The molecule has 8 heteroatoms. The molecule has 1 fully saturated rings. The average Bonchev–Trinajstić information content (AvgIpc) is 2.58. The zero-order chi connectivity index (χ0) is 20.1. The first-order chi connectivity index (χ1) is 12.7. The molecule has 1 aromatic rings. The normalized spacial score (nSPS) is 19.4. The number of esters is 1. The number of nitrogens with one attached hydrogen (secondary N) is 1. The molecule has 2 heterocycles. The van der Waals surface area contributed by atoms with Crippen LogP contribution in [0.15, 0.2) is 4.79 Å². The summed E-state index contributed by atoms with van der Waals surface area (Å²) in [6.45, 7) is 7.86. The first kappa shape index (κ1) is 20.6. The molecule has 1 aliphatic rings. The molecule has 2 rings (SSSR count). The Balaban J connectivity index is 1.89. The van der Waals surface area contributed by atoms with Gasteiger partial charge in [0.25, 0.3) is 11.5 Å². The van der Waals surface area contributed by atoms with Crippen LogP contribution in [0.1, 0.15) is 42.7 Å². The zero-order valence-corrected chi connectivity index (χ0v) is 16.1. The highest BCUT2D eigenvalue weighted by Crippen LogP contribution is 2.15. The van der Waals surface area contributed by atoms with Gasteiger partial charge in [-0.25, -0.2) is 0 Å². The summed E-state index contributed by atoms with van der Waals surface area (Å²) in [5.41, 5.74) is 1.55. The summed E-state index contributed by atoms with van der Waals surface area (Å²) in [6, 6.07) is 1.88. The Labute approximate surface area is 158 Å². The summed E-state index contributed by atoms with van der Waals surface area (Å²) in [6.07, 6.45) is 0.284. The van der Waals surface area contributed by atoms with E-state index in [0.29, 0.717) is 30.8 Å². The summed E-state index contributed by atoms with van der Waals surface area (Å²) in [5, 5.41) is 9.09. The van der Waals surface area contributed by atoms with Crippen molar-refractivity contribution in [2.75, 3.05) is 19.7 Å². The second-order valence-electron chi connectivity index (χ2n) is 6.89. The number of ether oxygens (including phenoxy) is 2. The van der Waals surface area contributed by atoms with Crippen LogP contribution < -0.4 is 5.56 Å². The van der Waals surface area contributed by atoms with E-state index in [-0.39, 0.29) is 36.7 Å². The fourth-order valence-corrected chi connectivity index (χ4v) is 3.33. The molecule has 1 aliphatic heterocycles. The van der Waals surface area contributed by atoms with Crippen LogP contribution in [0.25, 0.3) is 0 Å². The van der Waals surface area contributed by atoms with Crippen LogP contribution in [0.2, 0.25) is 0 Å². The lowest BCUT2D eigenvalue weighted by Crippen LogP contribution is -2.49. The number of rotatable bonds is 5. The lowest BCUT2D eigenvalue weighted by Gasteiger charge is -2.35. The fourth-order valence-electron chi connectivity index (χ4n) is 3.33. The number of aryl methyl sites for hydroxylation is 1. The molecule has 1 amide bonds. The lowest BCUT2D eigenvalue weighted by molar-refractivity contribution is -0.157. The summed E-state index contributed by atoms with van der Waals surface area (Å²) >= 11 is 0. The highest BCUT2D eigenvalue weighted by molar-refractivity contribution is 5.80. The molecule has 8 nitrogen and oxygen atoms in total. The first-order valence-electron chi connectivity index (χ1n) is 8.94. The number of nitriles is 1. The van der Waals surface area contributed by atoms with E-state index in [1.165, 1.54) is 0 Å². The summed E-state index contributed by atoms with van der Waals surface area (Å²) in [4.78, 5) is 40.2. The van der Waals surface area contributed by atoms with Crippen molar-refractivity contribution < 1.29 is 19.1 Å². The molecule has 27 heavy (non-hydrogen) atoms. The number of amides is 1. The van der Waals surface area contributed by atoms with E-state index >= 15 is 0 Å². The third kappa shape index (κ3) is 5.17. The van der Waals surface area contributed by atoms with Gasteiger partial charge < -0.3 is 19.4 Å². The second-order valence-corrected chi connectivity index (χ2v) is 6.89. The van der Waals surface area contributed by atoms with Gasteiger partial charge in [0, 0.05) is 25.2 Å².